The number of hydrogen-bond acceptors (Lipinski definition) is 4. The van der Waals surface area contributed by atoms with Gasteiger partial charge < -0.3 is 19.6 Å². The van der Waals surface area contributed by atoms with E-state index in [1.807, 2.05) is 35.8 Å². The fraction of sp³-hybridized carbons (Fsp3) is 0.316. The molecule has 2 heterocycles. The van der Waals surface area contributed by atoms with Crippen LogP contribution in [0.15, 0.2) is 47.1 Å². The number of nitrogens with zero attached hydrogens (tertiary/aromatic N) is 2. The van der Waals surface area contributed by atoms with Crippen molar-refractivity contribution in [3.63, 3.8) is 0 Å². The van der Waals surface area contributed by atoms with Crippen LogP contribution in [0.25, 0.3) is 11.0 Å². The summed E-state index contributed by atoms with van der Waals surface area (Å²) in [7, 11) is 0. The van der Waals surface area contributed by atoms with Crippen LogP contribution in [0, 0.1) is 0 Å². The largest absolute Gasteiger partial charge is 0.459 e. The summed E-state index contributed by atoms with van der Waals surface area (Å²) in [5, 5.41) is 5.64. The summed E-state index contributed by atoms with van der Waals surface area (Å²) in [6, 6.07) is 11.1. The Hall–Kier alpha value is -3.09. The normalized spacial score (nSPS) is 10.8. The molecule has 7 heteroatoms. The van der Waals surface area contributed by atoms with Crippen LogP contribution in [0.3, 0.4) is 0 Å². The number of aromatic nitrogens is 2. The summed E-state index contributed by atoms with van der Waals surface area (Å²) in [6.45, 7) is 3.23. The van der Waals surface area contributed by atoms with E-state index in [0.717, 1.165) is 16.9 Å². The van der Waals surface area contributed by atoms with Gasteiger partial charge in [0, 0.05) is 19.5 Å². The van der Waals surface area contributed by atoms with E-state index in [1.165, 1.54) is 6.26 Å². The second-order valence-electron chi connectivity index (χ2n) is 5.89. The molecule has 2 amide bonds. The van der Waals surface area contributed by atoms with Crippen LogP contribution < -0.4 is 10.6 Å². The zero-order valence-electron chi connectivity index (χ0n) is 14.7. The third-order valence-corrected chi connectivity index (χ3v) is 4.02. The molecule has 3 rings (SSSR count). The van der Waals surface area contributed by atoms with E-state index < -0.39 is 0 Å². The number of nitrogens with one attached hydrogen (secondary N) is 2. The van der Waals surface area contributed by atoms with Crippen molar-refractivity contribution in [2.75, 3.05) is 13.1 Å². The van der Waals surface area contributed by atoms with Gasteiger partial charge in [0.2, 0.25) is 5.91 Å². The molecule has 2 N–H and O–H groups in total. The van der Waals surface area contributed by atoms with Gasteiger partial charge in [0.1, 0.15) is 12.4 Å². The molecule has 0 bridgehead atoms. The predicted octanol–water partition coefficient (Wildman–Crippen LogP) is 2.13. The maximum absolute atomic E-state index is 12.0. The topological polar surface area (TPSA) is 89.2 Å². The molecule has 0 aliphatic rings. The third kappa shape index (κ3) is 4.11. The number of imidazole rings is 1. The van der Waals surface area contributed by atoms with Crippen LogP contribution in [-0.2, 0) is 17.8 Å². The van der Waals surface area contributed by atoms with Crippen molar-refractivity contribution in [3.8, 4) is 0 Å². The minimum absolute atomic E-state index is 0.0389. The number of hydrogen-bond donors (Lipinski definition) is 2. The zero-order valence-corrected chi connectivity index (χ0v) is 14.7. The molecular weight excluding hydrogens is 332 g/mol. The molecule has 0 spiro atoms. The van der Waals surface area contributed by atoms with Gasteiger partial charge in [-0.3, -0.25) is 9.59 Å². The molecule has 1 aromatic carbocycles. The summed E-state index contributed by atoms with van der Waals surface area (Å²) >= 11 is 0. The van der Waals surface area contributed by atoms with Crippen molar-refractivity contribution >= 4 is 22.8 Å². The van der Waals surface area contributed by atoms with Gasteiger partial charge in [-0.25, -0.2) is 4.98 Å². The minimum Gasteiger partial charge on any atom is -0.459 e. The average Bonchev–Trinajstić information content (AvgIpc) is 3.28. The molecule has 3 aromatic rings. The van der Waals surface area contributed by atoms with Crippen LogP contribution >= 0.6 is 0 Å². The lowest BCUT2D eigenvalue weighted by Gasteiger charge is -2.09. The Kier molecular flexibility index (Phi) is 5.68. The lowest BCUT2D eigenvalue weighted by molar-refractivity contribution is -0.121. The summed E-state index contributed by atoms with van der Waals surface area (Å²) in [5.74, 6) is 0.868. The SMILES string of the molecule is CCNC(=O)Cn1c(CCCNC(=O)c2ccco2)nc2ccccc21. The maximum Gasteiger partial charge on any atom is 0.286 e. The molecule has 2 aromatic heterocycles. The van der Waals surface area contributed by atoms with Crippen molar-refractivity contribution in [3.05, 3.63) is 54.2 Å². The van der Waals surface area contributed by atoms with Gasteiger partial charge in [-0.1, -0.05) is 12.1 Å². The first-order valence-corrected chi connectivity index (χ1v) is 8.71. The van der Waals surface area contributed by atoms with Crippen molar-refractivity contribution < 1.29 is 14.0 Å². The Bertz CT molecular complexity index is 883. The highest BCUT2D eigenvalue weighted by molar-refractivity contribution is 5.91. The quantitative estimate of drug-likeness (QED) is 0.607. The average molecular weight is 354 g/mol. The fourth-order valence-electron chi connectivity index (χ4n) is 2.83. The molecule has 0 unspecified atom stereocenters. The van der Waals surface area contributed by atoms with Gasteiger partial charge in [-0.2, -0.15) is 0 Å². The highest BCUT2D eigenvalue weighted by atomic mass is 16.3. The van der Waals surface area contributed by atoms with E-state index >= 15 is 0 Å². The molecule has 0 saturated carbocycles. The lowest BCUT2D eigenvalue weighted by Crippen LogP contribution is -2.28. The van der Waals surface area contributed by atoms with Gasteiger partial charge in [0.25, 0.3) is 5.91 Å². The standard InChI is InChI=1S/C19H22N4O3/c1-2-20-18(24)13-23-15-8-4-3-7-14(15)22-17(23)10-5-11-21-19(25)16-9-6-12-26-16/h3-4,6-9,12H,2,5,10-11,13H2,1H3,(H,20,24)(H,21,25). The van der Waals surface area contributed by atoms with Gasteiger partial charge in [0.05, 0.1) is 17.3 Å². The summed E-state index contributed by atoms with van der Waals surface area (Å²) < 4.78 is 7.00. The molecule has 26 heavy (non-hydrogen) atoms. The minimum atomic E-state index is -0.231. The van der Waals surface area contributed by atoms with E-state index in [2.05, 4.69) is 15.6 Å². The molecular formula is C19H22N4O3. The number of rotatable bonds is 8. The molecule has 0 saturated heterocycles. The van der Waals surface area contributed by atoms with Gasteiger partial charge >= 0.3 is 0 Å². The first kappa shape index (κ1) is 17.7. The molecule has 0 aliphatic heterocycles. The van der Waals surface area contributed by atoms with Crippen molar-refractivity contribution in [1.82, 2.24) is 20.2 Å². The van der Waals surface area contributed by atoms with Crippen molar-refractivity contribution in [1.29, 1.82) is 0 Å². The smallest absolute Gasteiger partial charge is 0.286 e. The van der Waals surface area contributed by atoms with Crippen LogP contribution in [0.2, 0.25) is 0 Å². The second-order valence-corrected chi connectivity index (χ2v) is 5.89. The van der Waals surface area contributed by atoms with Gasteiger partial charge in [-0.15, -0.1) is 0 Å². The number of amides is 2. The van der Waals surface area contributed by atoms with E-state index in [9.17, 15) is 9.59 Å². The Balaban J connectivity index is 1.64. The maximum atomic E-state index is 12.0. The summed E-state index contributed by atoms with van der Waals surface area (Å²) in [4.78, 5) is 28.5. The van der Waals surface area contributed by atoms with Gasteiger partial charge in [0.15, 0.2) is 5.76 Å². The van der Waals surface area contributed by atoms with E-state index in [0.29, 0.717) is 31.7 Å². The van der Waals surface area contributed by atoms with E-state index in [1.54, 1.807) is 12.1 Å². The number of carbonyl (C=O) groups excluding carboxylic acids is 2. The Morgan fingerprint density at radius 1 is 1.15 bits per heavy atom. The first-order valence-electron chi connectivity index (χ1n) is 8.71. The number of para-hydroxylation sites is 2. The number of benzene rings is 1. The number of furan rings is 1. The highest BCUT2D eigenvalue weighted by Crippen LogP contribution is 2.17. The number of carbonyl (C=O) groups is 2. The summed E-state index contributed by atoms with van der Waals surface area (Å²) in [6.07, 6.45) is 2.84. The highest BCUT2D eigenvalue weighted by Gasteiger charge is 2.13. The molecule has 0 aliphatic carbocycles. The van der Waals surface area contributed by atoms with E-state index in [4.69, 9.17) is 4.42 Å². The molecule has 136 valence electrons. The van der Waals surface area contributed by atoms with Crippen molar-refractivity contribution in [2.24, 2.45) is 0 Å². The number of likely N-dealkylation sites (N-methyl/N-ethyl adjacent to an activating group) is 1. The molecule has 7 nitrogen and oxygen atoms in total. The molecule has 0 radical (unpaired) electrons. The Morgan fingerprint density at radius 2 is 2.00 bits per heavy atom. The van der Waals surface area contributed by atoms with Crippen LogP contribution in [0.1, 0.15) is 29.7 Å². The Morgan fingerprint density at radius 3 is 2.77 bits per heavy atom. The van der Waals surface area contributed by atoms with E-state index in [-0.39, 0.29) is 18.4 Å². The fourth-order valence-corrected chi connectivity index (χ4v) is 2.83. The Labute approximate surface area is 151 Å². The number of aryl methyl sites for hydroxylation is 1. The number of fused-ring (bicyclic) bond motifs is 1. The molecule has 0 atom stereocenters. The van der Waals surface area contributed by atoms with Crippen LogP contribution in [-0.4, -0.2) is 34.5 Å². The van der Waals surface area contributed by atoms with Gasteiger partial charge in [-0.05, 0) is 37.6 Å². The van der Waals surface area contributed by atoms with Crippen molar-refractivity contribution in [2.45, 2.75) is 26.3 Å². The zero-order chi connectivity index (χ0) is 18.4. The lowest BCUT2D eigenvalue weighted by atomic mass is 10.3. The monoisotopic (exact) mass is 354 g/mol. The summed E-state index contributed by atoms with van der Waals surface area (Å²) in [5.41, 5.74) is 1.81. The second kappa shape index (κ2) is 8.33. The molecule has 0 fully saturated rings. The third-order valence-electron chi connectivity index (χ3n) is 4.02. The van der Waals surface area contributed by atoms with Crippen LogP contribution in [0.4, 0.5) is 0 Å². The predicted molar refractivity (Wildman–Crippen MR) is 97.8 cm³/mol. The van der Waals surface area contributed by atoms with Crippen LogP contribution in [0.5, 0.6) is 0 Å². The first-order chi connectivity index (χ1) is 12.7.